The Kier molecular flexibility index (Phi) is 14.4. The number of nitrogens with zero attached hydrogens (tertiary/aromatic N) is 1. The van der Waals surface area contributed by atoms with Gasteiger partial charge in [-0.25, -0.2) is 0 Å². The summed E-state index contributed by atoms with van der Waals surface area (Å²) in [5.41, 5.74) is 7.30. The second-order valence-electron chi connectivity index (χ2n) is 4.92. The number of carbonyl (C=O) groups is 1. The molecule has 0 saturated carbocycles. The van der Waals surface area contributed by atoms with Gasteiger partial charge in [-0.15, -0.1) is 24.8 Å². The van der Waals surface area contributed by atoms with Gasteiger partial charge in [0, 0.05) is 39.0 Å². The number of methoxy groups -OCH3 is 1. The Bertz CT molecular complexity index is 402. The Morgan fingerprint density at radius 2 is 1.86 bits per heavy atom. The van der Waals surface area contributed by atoms with E-state index >= 15 is 0 Å². The summed E-state index contributed by atoms with van der Waals surface area (Å²) in [7, 11) is 3.75. The Hall–Kier alpha value is -1.01. The lowest BCUT2D eigenvalue weighted by Crippen LogP contribution is -2.34. The summed E-state index contributed by atoms with van der Waals surface area (Å²) in [6.07, 6.45) is 1.40. The molecule has 1 aromatic carbocycles. The SMILES string of the molecule is COCCCN(C)CCNC(=O)Cc1ccc(N)cc1.Cl.Cl. The lowest BCUT2D eigenvalue weighted by atomic mass is 10.1. The zero-order valence-electron chi connectivity index (χ0n) is 13.2. The minimum atomic E-state index is 0. The van der Waals surface area contributed by atoms with Gasteiger partial charge in [-0.05, 0) is 31.2 Å². The number of nitrogen functional groups attached to an aromatic ring is 1. The number of hydrogen-bond acceptors (Lipinski definition) is 4. The van der Waals surface area contributed by atoms with Crippen molar-refractivity contribution in [3.8, 4) is 0 Å². The molecule has 0 unspecified atom stereocenters. The van der Waals surface area contributed by atoms with E-state index < -0.39 is 0 Å². The van der Waals surface area contributed by atoms with Gasteiger partial charge in [0.05, 0.1) is 6.42 Å². The second kappa shape index (κ2) is 13.6. The molecule has 0 spiro atoms. The van der Waals surface area contributed by atoms with Crippen molar-refractivity contribution in [1.29, 1.82) is 0 Å². The summed E-state index contributed by atoms with van der Waals surface area (Å²) >= 11 is 0. The van der Waals surface area contributed by atoms with Gasteiger partial charge in [0.15, 0.2) is 0 Å². The standard InChI is InChI=1S/C15H25N3O2.2ClH/c1-18(9-3-11-20-2)10-8-17-15(19)12-13-4-6-14(16)7-5-13;;/h4-7H,3,8-12,16H2,1-2H3,(H,17,19);2*1H. The topological polar surface area (TPSA) is 67.6 Å². The highest BCUT2D eigenvalue weighted by molar-refractivity contribution is 5.85. The first-order valence-electron chi connectivity index (χ1n) is 6.90. The maximum absolute atomic E-state index is 11.8. The van der Waals surface area contributed by atoms with Crippen LogP contribution in [-0.4, -0.2) is 51.2 Å². The zero-order valence-corrected chi connectivity index (χ0v) is 14.8. The molecule has 0 bridgehead atoms. The van der Waals surface area contributed by atoms with Crippen molar-refractivity contribution in [2.24, 2.45) is 0 Å². The van der Waals surface area contributed by atoms with E-state index in [2.05, 4.69) is 10.2 Å². The largest absolute Gasteiger partial charge is 0.399 e. The van der Waals surface area contributed by atoms with Crippen LogP contribution in [0.4, 0.5) is 5.69 Å². The molecule has 1 aromatic rings. The molecule has 128 valence electrons. The van der Waals surface area contributed by atoms with E-state index in [1.54, 1.807) is 7.11 Å². The average molecular weight is 352 g/mol. The average Bonchev–Trinajstić information content (AvgIpc) is 2.42. The Morgan fingerprint density at radius 1 is 1.23 bits per heavy atom. The molecule has 0 fully saturated rings. The summed E-state index contributed by atoms with van der Waals surface area (Å²) < 4.78 is 5.00. The summed E-state index contributed by atoms with van der Waals surface area (Å²) in [5.74, 6) is 0.0417. The van der Waals surface area contributed by atoms with Crippen molar-refractivity contribution in [2.75, 3.05) is 46.1 Å². The normalized spacial score (nSPS) is 9.77. The number of benzene rings is 1. The predicted molar refractivity (Wildman–Crippen MR) is 96.1 cm³/mol. The van der Waals surface area contributed by atoms with Crippen LogP contribution in [0.15, 0.2) is 24.3 Å². The van der Waals surface area contributed by atoms with Crippen molar-refractivity contribution >= 4 is 36.4 Å². The van der Waals surface area contributed by atoms with Crippen LogP contribution < -0.4 is 11.1 Å². The van der Waals surface area contributed by atoms with Gasteiger partial charge >= 0.3 is 0 Å². The highest BCUT2D eigenvalue weighted by Gasteiger charge is 2.04. The first kappa shape index (κ1) is 23.3. The first-order chi connectivity index (χ1) is 9.61. The molecule has 0 aliphatic rings. The fraction of sp³-hybridized carbons (Fsp3) is 0.533. The molecule has 0 saturated heterocycles. The van der Waals surface area contributed by atoms with Crippen LogP contribution in [0.5, 0.6) is 0 Å². The molecule has 0 aromatic heterocycles. The Labute approximate surface area is 145 Å². The zero-order chi connectivity index (χ0) is 14.8. The summed E-state index contributed by atoms with van der Waals surface area (Å²) in [5, 5.41) is 2.92. The van der Waals surface area contributed by atoms with Gasteiger partial charge in [-0.2, -0.15) is 0 Å². The van der Waals surface area contributed by atoms with Gasteiger partial charge in [-0.1, -0.05) is 12.1 Å². The molecule has 0 radical (unpaired) electrons. The molecule has 3 N–H and O–H groups in total. The molecule has 0 atom stereocenters. The third-order valence-corrected chi connectivity index (χ3v) is 3.05. The van der Waals surface area contributed by atoms with Crippen LogP contribution in [0.1, 0.15) is 12.0 Å². The number of nitrogens with one attached hydrogen (secondary N) is 1. The van der Waals surface area contributed by atoms with Crippen LogP contribution >= 0.6 is 24.8 Å². The molecule has 7 heteroatoms. The number of carbonyl (C=O) groups excluding carboxylic acids is 1. The molecule has 5 nitrogen and oxygen atoms in total. The molecule has 0 aliphatic carbocycles. The maximum atomic E-state index is 11.8. The first-order valence-corrected chi connectivity index (χ1v) is 6.90. The fourth-order valence-corrected chi connectivity index (χ4v) is 1.86. The highest BCUT2D eigenvalue weighted by atomic mass is 35.5. The number of amides is 1. The van der Waals surface area contributed by atoms with E-state index in [0.29, 0.717) is 18.7 Å². The smallest absolute Gasteiger partial charge is 0.224 e. The van der Waals surface area contributed by atoms with Crippen LogP contribution in [0, 0.1) is 0 Å². The van der Waals surface area contributed by atoms with E-state index in [0.717, 1.165) is 31.7 Å². The van der Waals surface area contributed by atoms with Gasteiger partial charge in [0.1, 0.15) is 0 Å². The number of ether oxygens (including phenoxy) is 1. The van der Waals surface area contributed by atoms with Crippen molar-refractivity contribution in [2.45, 2.75) is 12.8 Å². The van der Waals surface area contributed by atoms with E-state index in [1.165, 1.54) is 0 Å². The molecule has 1 rings (SSSR count). The van der Waals surface area contributed by atoms with Crippen molar-refractivity contribution in [1.82, 2.24) is 10.2 Å². The number of likely N-dealkylation sites (N-methyl/N-ethyl adjacent to an activating group) is 1. The van der Waals surface area contributed by atoms with E-state index in [4.69, 9.17) is 10.5 Å². The van der Waals surface area contributed by atoms with E-state index in [9.17, 15) is 4.79 Å². The highest BCUT2D eigenvalue weighted by Crippen LogP contribution is 2.05. The number of hydrogen-bond donors (Lipinski definition) is 2. The molecular formula is C15H27Cl2N3O2. The van der Waals surface area contributed by atoms with Crippen LogP contribution in [0.2, 0.25) is 0 Å². The quantitative estimate of drug-likeness (QED) is 0.525. The molecule has 1 amide bonds. The summed E-state index contributed by atoms with van der Waals surface area (Å²) in [6.45, 7) is 3.25. The van der Waals surface area contributed by atoms with Crippen LogP contribution in [0.3, 0.4) is 0 Å². The van der Waals surface area contributed by atoms with E-state index in [1.807, 2.05) is 31.3 Å². The molecule has 0 aliphatic heterocycles. The lowest BCUT2D eigenvalue weighted by molar-refractivity contribution is -0.120. The minimum absolute atomic E-state index is 0. The summed E-state index contributed by atoms with van der Waals surface area (Å²) in [6, 6.07) is 7.38. The molecule has 0 heterocycles. The van der Waals surface area contributed by atoms with Gasteiger partial charge in [0.2, 0.25) is 5.91 Å². The number of halogens is 2. The number of nitrogens with two attached hydrogens (primary N) is 1. The minimum Gasteiger partial charge on any atom is -0.399 e. The molecule has 22 heavy (non-hydrogen) atoms. The van der Waals surface area contributed by atoms with E-state index in [-0.39, 0.29) is 30.7 Å². The number of rotatable bonds is 9. The maximum Gasteiger partial charge on any atom is 0.224 e. The van der Waals surface area contributed by atoms with Crippen molar-refractivity contribution < 1.29 is 9.53 Å². The second-order valence-corrected chi connectivity index (χ2v) is 4.92. The Balaban J connectivity index is 0. The fourth-order valence-electron chi connectivity index (χ4n) is 1.86. The number of anilines is 1. The van der Waals surface area contributed by atoms with Crippen molar-refractivity contribution in [3.05, 3.63) is 29.8 Å². The van der Waals surface area contributed by atoms with Crippen molar-refractivity contribution in [3.63, 3.8) is 0 Å². The lowest BCUT2D eigenvalue weighted by Gasteiger charge is -2.16. The third kappa shape index (κ3) is 10.7. The third-order valence-electron chi connectivity index (χ3n) is 3.05. The van der Waals surface area contributed by atoms with Gasteiger partial charge < -0.3 is 20.7 Å². The van der Waals surface area contributed by atoms with Crippen LogP contribution in [0.25, 0.3) is 0 Å². The van der Waals surface area contributed by atoms with Gasteiger partial charge in [0.25, 0.3) is 0 Å². The predicted octanol–water partition coefficient (Wildman–Crippen LogP) is 1.74. The Morgan fingerprint density at radius 3 is 2.45 bits per heavy atom. The monoisotopic (exact) mass is 351 g/mol. The van der Waals surface area contributed by atoms with Gasteiger partial charge in [-0.3, -0.25) is 4.79 Å². The molecular weight excluding hydrogens is 325 g/mol. The van der Waals surface area contributed by atoms with Crippen LogP contribution in [-0.2, 0) is 16.0 Å². The summed E-state index contributed by atoms with van der Waals surface area (Å²) in [4.78, 5) is 13.9.